The van der Waals surface area contributed by atoms with E-state index in [2.05, 4.69) is 19.2 Å². The van der Waals surface area contributed by atoms with E-state index < -0.39 is 0 Å². The summed E-state index contributed by atoms with van der Waals surface area (Å²) in [6.07, 6.45) is 1.11. The number of rotatable bonds is 5. The quantitative estimate of drug-likeness (QED) is 0.633. The van der Waals surface area contributed by atoms with Gasteiger partial charge in [-0.25, -0.2) is 0 Å². The average molecular weight is 227 g/mol. The Morgan fingerprint density at radius 1 is 1.50 bits per heavy atom. The molecule has 0 aliphatic carbocycles. The first-order valence-corrected chi connectivity index (χ1v) is 5.71. The number of nitrogens with two attached hydrogens (primary N) is 1. The van der Waals surface area contributed by atoms with Crippen LogP contribution >= 0.6 is 0 Å². The van der Waals surface area contributed by atoms with Crippen molar-refractivity contribution in [2.45, 2.75) is 38.8 Å². The lowest BCUT2D eigenvalue weighted by Gasteiger charge is -2.24. The summed E-state index contributed by atoms with van der Waals surface area (Å²) in [6.45, 7) is 4.90. The molecule has 1 saturated heterocycles. The van der Waals surface area contributed by atoms with E-state index in [1.807, 2.05) is 11.9 Å². The van der Waals surface area contributed by atoms with Gasteiger partial charge in [0.05, 0.1) is 12.5 Å². The van der Waals surface area contributed by atoms with Gasteiger partial charge in [-0.1, -0.05) is 13.8 Å². The molecule has 0 aromatic heterocycles. The number of hydrogen-bond donors (Lipinski definition) is 2. The number of carbonyl (C=O) groups excluding carboxylic acids is 2. The van der Waals surface area contributed by atoms with Crippen LogP contribution in [-0.4, -0.2) is 42.4 Å². The molecule has 1 rings (SSSR count). The topological polar surface area (TPSA) is 75.4 Å². The standard InChI is InChI=1S/C11H21N3O2/c1-7(2)8(12)4-5-14(3)9-6-10(15)13-11(9)16/h7-9H,4-6,12H2,1-3H3,(H,13,15,16). The molecule has 0 bridgehead atoms. The van der Waals surface area contributed by atoms with Gasteiger partial charge in [0.1, 0.15) is 0 Å². The molecule has 1 heterocycles. The normalized spacial score (nSPS) is 23.0. The van der Waals surface area contributed by atoms with Crippen LogP contribution in [0.3, 0.4) is 0 Å². The minimum absolute atomic E-state index is 0.141. The van der Waals surface area contributed by atoms with Gasteiger partial charge in [0.25, 0.3) is 0 Å². The van der Waals surface area contributed by atoms with Crippen LogP contribution in [0.4, 0.5) is 0 Å². The fourth-order valence-electron chi connectivity index (χ4n) is 1.74. The fourth-order valence-corrected chi connectivity index (χ4v) is 1.74. The Morgan fingerprint density at radius 2 is 2.12 bits per heavy atom. The van der Waals surface area contributed by atoms with E-state index in [0.29, 0.717) is 5.92 Å². The SMILES string of the molecule is CC(C)C(N)CCN(C)C1CC(=O)NC1=O. The maximum atomic E-state index is 11.4. The predicted octanol–water partition coefficient (Wildman–Crippen LogP) is -0.293. The minimum atomic E-state index is -0.313. The number of nitrogens with zero attached hydrogens (tertiary/aromatic N) is 1. The molecule has 0 radical (unpaired) electrons. The monoisotopic (exact) mass is 227 g/mol. The highest BCUT2D eigenvalue weighted by atomic mass is 16.2. The second-order valence-corrected chi connectivity index (χ2v) is 4.81. The zero-order valence-electron chi connectivity index (χ0n) is 10.2. The third-order valence-corrected chi connectivity index (χ3v) is 3.15. The summed E-state index contributed by atoms with van der Waals surface area (Å²) in [5.74, 6) is 0.0630. The Morgan fingerprint density at radius 3 is 2.56 bits per heavy atom. The van der Waals surface area contributed by atoms with Gasteiger partial charge in [0.15, 0.2) is 0 Å². The second kappa shape index (κ2) is 5.41. The van der Waals surface area contributed by atoms with Crippen LogP contribution in [0.1, 0.15) is 26.7 Å². The van der Waals surface area contributed by atoms with E-state index in [4.69, 9.17) is 5.73 Å². The summed E-state index contributed by atoms with van der Waals surface area (Å²) in [5, 5.41) is 2.31. The van der Waals surface area contributed by atoms with E-state index in [0.717, 1.165) is 13.0 Å². The van der Waals surface area contributed by atoms with E-state index in [9.17, 15) is 9.59 Å². The molecule has 0 aromatic rings. The van der Waals surface area contributed by atoms with Gasteiger partial charge < -0.3 is 5.73 Å². The molecule has 0 aromatic carbocycles. The van der Waals surface area contributed by atoms with Crippen LogP contribution < -0.4 is 11.1 Å². The minimum Gasteiger partial charge on any atom is -0.327 e. The second-order valence-electron chi connectivity index (χ2n) is 4.81. The molecule has 0 saturated carbocycles. The number of imide groups is 1. The Balaban J connectivity index is 2.38. The van der Waals surface area contributed by atoms with Crippen LogP contribution in [0.5, 0.6) is 0 Å². The molecule has 92 valence electrons. The smallest absolute Gasteiger partial charge is 0.244 e. The molecule has 5 heteroatoms. The van der Waals surface area contributed by atoms with Crippen molar-refractivity contribution in [1.29, 1.82) is 0 Å². The molecule has 2 unspecified atom stereocenters. The number of hydrogen-bond acceptors (Lipinski definition) is 4. The van der Waals surface area contributed by atoms with E-state index in [1.165, 1.54) is 0 Å². The lowest BCUT2D eigenvalue weighted by atomic mass is 10.0. The van der Waals surface area contributed by atoms with Crippen LogP contribution in [0.15, 0.2) is 0 Å². The molecule has 5 nitrogen and oxygen atoms in total. The average Bonchev–Trinajstić information content (AvgIpc) is 2.53. The van der Waals surface area contributed by atoms with E-state index in [-0.39, 0.29) is 30.3 Å². The Labute approximate surface area is 96.4 Å². The van der Waals surface area contributed by atoms with Gasteiger partial charge >= 0.3 is 0 Å². The van der Waals surface area contributed by atoms with Crippen molar-refractivity contribution < 1.29 is 9.59 Å². The highest BCUT2D eigenvalue weighted by molar-refractivity contribution is 6.05. The Bertz CT molecular complexity index is 278. The summed E-state index contributed by atoms with van der Waals surface area (Å²) < 4.78 is 0. The van der Waals surface area contributed by atoms with Gasteiger partial charge in [-0.05, 0) is 19.4 Å². The van der Waals surface area contributed by atoms with Gasteiger partial charge in [0.2, 0.25) is 11.8 Å². The predicted molar refractivity (Wildman–Crippen MR) is 61.6 cm³/mol. The van der Waals surface area contributed by atoms with E-state index in [1.54, 1.807) is 0 Å². The Kier molecular flexibility index (Phi) is 4.44. The van der Waals surface area contributed by atoms with Gasteiger partial charge in [-0.15, -0.1) is 0 Å². The molecular weight excluding hydrogens is 206 g/mol. The first kappa shape index (κ1) is 13.1. The van der Waals surface area contributed by atoms with E-state index >= 15 is 0 Å². The van der Waals surface area contributed by atoms with Crippen LogP contribution in [0, 0.1) is 5.92 Å². The fraction of sp³-hybridized carbons (Fsp3) is 0.818. The van der Waals surface area contributed by atoms with Crippen molar-refractivity contribution in [3.05, 3.63) is 0 Å². The maximum Gasteiger partial charge on any atom is 0.244 e. The third-order valence-electron chi connectivity index (χ3n) is 3.15. The van der Waals surface area contributed by atoms with Gasteiger partial charge in [-0.2, -0.15) is 0 Å². The van der Waals surface area contributed by atoms with Crippen molar-refractivity contribution in [2.24, 2.45) is 11.7 Å². The molecule has 1 aliphatic heterocycles. The zero-order valence-corrected chi connectivity index (χ0v) is 10.2. The van der Waals surface area contributed by atoms with Crippen molar-refractivity contribution >= 4 is 11.8 Å². The summed E-state index contributed by atoms with van der Waals surface area (Å²) in [6, 6.07) is -0.172. The van der Waals surface area contributed by atoms with Crippen LogP contribution in [-0.2, 0) is 9.59 Å². The number of likely N-dealkylation sites (N-methyl/N-ethyl adjacent to an activating group) is 1. The number of carbonyl (C=O) groups is 2. The molecule has 2 atom stereocenters. The maximum absolute atomic E-state index is 11.4. The van der Waals surface area contributed by atoms with Crippen molar-refractivity contribution in [3.63, 3.8) is 0 Å². The zero-order chi connectivity index (χ0) is 12.3. The van der Waals surface area contributed by atoms with Crippen molar-refractivity contribution in [2.75, 3.05) is 13.6 Å². The summed E-state index contributed by atoms with van der Waals surface area (Å²) in [5.41, 5.74) is 5.93. The third kappa shape index (κ3) is 3.28. The number of amides is 2. The summed E-state index contributed by atoms with van der Waals surface area (Å²) in [7, 11) is 1.86. The molecule has 3 N–H and O–H groups in total. The number of nitrogens with one attached hydrogen (secondary N) is 1. The molecule has 2 amide bonds. The molecule has 0 spiro atoms. The van der Waals surface area contributed by atoms with Gasteiger partial charge in [-0.3, -0.25) is 19.8 Å². The lowest BCUT2D eigenvalue weighted by molar-refractivity contribution is -0.126. The first-order valence-electron chi connectivity index (χ1n) is 5.71. The molecular formula is C11H21N3O2. The molecule has 1 fully saturated rings. The van der Waals surface area contributed by atoms with Crippen molar-refractivity contribution in [1.82, 2.24) is 10.2 Å². The highest BCUT2D eigenvalue weighted by Gasteiger charge is 2.33. The molecule has 1 aliphatic rings. The summed E-state index contributed by atoms with van der Waals surface area (Å²) in [4.78, 5) is 24.3. The van der Waals surface area contributed by atoms with Gasteiger partial charge in [0, 0.05) is 12.6 Å². The van der Waals surface area contributed by atoms with Crippen LogP contribution in [0.25, 0.3) is 0 Å². The highest BCUT2D eigenvalue weighted by Crippen LogP contribution is 2.11. The molecule has 16 heavy (non-hydrogen) atoms. The van der Waals surface area contributed by atoms with Crippen molar-refractivity contribution in [3.8, 4) is 0 Å². The summed E-state index contributed by atoms with van der Waals surface area (Å²) >= 11 is 0. The Hall–Kier alpha value is -0.940. The lowest BCUT2D eigenvalue weighted by Crippen LogP contribution is -2.40. The first-order chi connectivity index (χ1) is 7.41. The van der Waals surface area contributed by atoms with Crippen LogP contribution in [0.2, 0.25) is 0 Å². The largest absolute Gasteiger partial charge is 0.327 e.